The van der Waals surface area contributed by atoms with Gasteiger partial charge in [0, 0.05) is 5.69 Å². The van der Waals surface area contributed by atoms with Gasteiger partial charge in [0.15, 0.2) is 22.9 Å². The van der Waals surface area contributed by atoms with E-state index < -0.39 is 6.04 Å². The van der Waals surface area contributed by atoms with Crippen molar-refractivity contribution >= 4 is 29.0 Å². The number of nitrogens with zero attached hydrogens (tertiary/aromatic N) is 3. The molecule has 0 saturated carbocycles. The van der Waals surface area contributed by atoms with Gasteiger partial charge in [-0.05, 0) is 67.4 Å². The molecule has 0 unspecified atom stereocenters. The van der Waals surface area contributed by atoms with Crippen LogP contribution in [0.3, 0.4) is 0 Å². The fourth-order valence-corrected chi connectivity index (χ4v) is 5.77. The Labute approximate surface area is 246 Å². The van der Waals surface area contributed by atoms with Gasteiger partial charge in [-0.1, -0.05) is 47.7 Å². The highest BCUT2D eigenvalue weighted by molar-refractivity contribution is 7.07. The standard InChI is InChI=1S/C32H28N4O5S/c1-4-40-26-17-21(13-14-25(26)41-16-15-33)18-27-31(38)36-29(22-9-8-12-24(19-22)39-3)28(20(2)34-32(36)42-27)30(37)35-23-10-6-5-7-11-23/h5-14,17-19,29H,4,16H2,1-3H3,(H,35,37)/b27-18-/t29-/m1/s1. The Morgan fingerprint density at radius 1 is 1.10 bits per heavy atom. The maximum Gasteiger partial charge on any atom is 0.271 e. The molecule has 3 aromatic carbocycles. The molecule has 0 saturated heterocycles. The van der Waals surface area contributed by atoms with E-state index in [1.54, 1.807) is 55.0 Å². The molecule has 5 rings (SSSR count). The van der Waals surface area contributed by atoms with Crippen LogP contribution >= 0.6 is 11.3 Å². The van der Waals surface area contributed by atoms with Crippen LogP contribution in [0.4, 0.5) is 5.69 Å². The van der Waals surface area contributed by atoms with E-state index in [4.69, 9.17) is 24.5 Å². The fraction of sp³-hybridized carbons (Fsp3) is 0.188. The maximum absolute atomic E-state index is 14.0. The molecule has 0 radical (unpaired) electrons. The molecular weight excluding hydrogens is 552 g/mol. The number of carbonyl (C=O) groups is 1. The van der Waals surface area contributed by atoms with Crippen LogP contribution in [0.2, 0.25) is 0 Å². The molecule has 1 aliphatic heterocycles. The summed E-state index contributed by atoms with van der Waals surface area (Å²) in [6.45, 7) is 3.92. The molecule has 2 heterocycles. The largest absolute Gasteiger partial charge is 0.497 e. The van der Waals surface area contributed by atoms with E-state index >= 15 is 0 Å². The Bertz CT molecular complexity index is 1890. The molecule has 0 bridgehead atoms. The predicted octanol–water partition coefficient (Wildman–Crippen LogP) is 4.18. The van der Waals surface area contributed by atoms with Gasteiger partial charge in [-0.2, -0.15) is 5.26 Å². The average molecular weight is 581 g/mol. The number of rotatable bonds is 9. The van der Waals surface area contributed by atoms with Gasteiger partial charge >= 0.3 is 0 Å². The molecule has 1 amide bonds. The number of hydrogen-bond acceptors (Lipinski definition) is 8. The lowest BCUT2D eigenvalue weighted by Gasteiger charge is -2.25. The van der Waals surface area contributed by atoms with Crippen LogP contribution in [0, 0.1) is 11.3 Å². The number of aromatic nitrogens is 1. The van der Waals surface area contributed by atoms with Gasteiger partial charge in [0.1, 0.15) is 11.8 Å². The highest BCUT2D eigenvalue weighted by atomic mass is 32.1. The van der Waals surface area contributed by atoms with Crippen LogP contribution in [0.5, 0.6) is 17.2 Å². The SMILES string of the molecule is CCOc1cc(/C=c2\sc3n(c2=O)[C@H](c2cccc(OC)c2)C(C(=O)Nc2ccccc2)=C(C)N=3)ccc1OCC#N. The number of nitriles is 1. The second kappa shape index (κ2) is 12.6. The Hall–Kier alpha value is -5.14. The van der Waals surface area contributed by atoms with Crippen LogP contribution in [-0.4, -0.2) is 30.8 Å². The zero-order valence-corrected chi connectivity index (χ0v) is 24.1. The number of benzene rings is 3. The summed E-state index contributed by atoms with van der Waals surface area (Å²) in [7, 11) is 1.57. The number of anilines is 1. The molecule has 0 fully saturated rings. The minimum Gasteiger partial charge on any atom is -0.497 e. The number of thiazole rings is 1. The number of ether oxygens (including phenoxy) is 3. The number of fused-ring (bicyclic) bond motifs is 1. The molecule has 10 heteroatoms. The van der Waals surface area contributed by atoms with Crippen molar-refractivity contribution in [1.29, 1.82) is 5.26 Å². The quantitative estimate of drug-likeness (QED) is 0.318. The molecule has 212 valence electrons. The molecule has 4 aromatic rings. The summed E-state index contributed by atoms with van der Waals surface area (Å²) in [6, 6.07) is 23.0. The molecule has 1 aliphatic rings. The number of methoxy groups -OCH3 is 1. The molecule has 0 spiro atoms. The third-order valence-electron chi connectivity index (χ3n) is 6.57. The zero-order chi connectivity index (χ0) is 29.6. The first kappa shape index (κ1) is 28.4. The number of amides is 1. The van der Waals surface area contributed by atoms with E-state index in [1.165, 1.54) is 11.3 Å². The van der Waals surface area contributed by atoms with E-state index in [2.05, 4.69) is 5.32 Å². The summed E-state index contributed by atoms with van der Waals surface area (Å²) in [4.78, 5) is 32.9. The summed E-state index contributed by atoms with van der Waals surface area (Å²) in [6.07, 6.45) is 1.76. The van der Waals surface area contributed by atoms with E-state index in [9.17, 15) is 9.59 Å². The van der Waals surface area contributed by atoms with Crippen LogP contribution in [-0.2, 0) is 4.79 Å². The van der Waals surface area contributed by atoms with Crippen LogP contribution < -0.4 is 34.4 Å². The van der Waals surface area contributed by atoms with Crippen molar-refractivity contribution in [3.05, 3.63) is 115 Å². The van der Waals surface area contributed by atoms with Gasteiger partial charge in [-0.25, -0.2) is 4.99 Å². The lowest BCUT2D eigenvalue weighted by atomic mass is 9.95. The topological polar surface area (TPSA) is 115 Å². The number of allylic oxidation sites excluding steroid dienone is 1. The van der Waals surface area contributed by atoms with E-state index in [0.29, 0.717) is 61.3 Å². The first-order valence-electron chi connectivity index (χ1n) is 13.2. The van der Waals surface area contributed by atoms with Crippen molar-refractivity contribution in [2.45, 2.75) is 19.9 Å². The van der Waals surface area contributed by atoms with Gasteiger partial charge in [0.05, 0.1) is 35.6 Å². The van der Waals surface area contributed by atoms with Crippen molar-refractivity contribution in [3.8, 4) is 23.3 Å². The molecule has 0 aliphatic carbocycles. The first-order valence-corrected chi connectivity index (χ1v) is 14.0. The summed E-state index contributed by atoms with van der Waals surface area (Å²) in [5, 5.41) is 11.8. The van der Waals surface area contributed by atoms with Crippen LogP contribution in [0.1, 0.15) is 31.0 Å². The Balaban J connectivity index is 1.64. The van der Waals surface area contributed by atoms with Crippen molar-refractivity contribution in [1.82, 2.24) is 4.57 Å². The van der Waals surface area contributed by atoms with E-state index in [-0.39, 0.29) is 18.1 Å². The third-order valence-corrected chi connectivity index (χ3v) is 7.55. The second-order valence-electron chi connectivity index (χ2n) is 9.26. The summed E-state index contributed by atoms with van der Waals surface area (Å²) >= 11 is 1.24. The second-order valence-corrected chi connectivity index (χ2v) is 10.3. The van der Waals surface area contributed by atoms with Gasteiger partial charge in [-0.15, -0.1) is 0 Å². The molecule has 42 heavy (non-hydrogen) atoms. The summed E-state index contributed by atoms with van der Waals surface area (Å²) in [5.41, 5.74) is 2.66. The molecule has 1 aromatic heterocycles. The predicted molar refractivity (Wildman–Crippen MR) is 161 cm³/mol. The molecule has 9 nitrogen and oxygen atoms in total. The summed E-state index contributed by atoms with van der Waals surface area (Å²) < 4.78 is 18.6. The number of carbonyl (C=O) groups excluding carboxylic acids is 1. The van der Waals surface area contributed by atoms with Crippen molar-refractivity contribution in [2.75, 3.05) is 25.6 Å². The fourth-order valence-electron chi connectivity index (χ4n) is 4.72. The maximum atomic E-state index is 14.0. The van der Waals surface area contributed by atoms with Gasteiger partial charge < -0.3 is 19.5 Å². The number of nitrogens with one attached hydrogen (secondary N) is 1. The van der Waals surface area contributed by atoms with Gasteiger partial charge in [0.25, 0.3) is 11.5 Å². The van der Waals surface area contributed by atoms with E-state index in [0.717, 1.165) is 0 Å². The highest BCUT2D eigenvalue weighted by Gasteiger charge is 2.32. The Kier molecular flexibility index (Phi) is 8.50. The van der Waals surface area contributed by atoms with Crippen LogP contribution in [0.25, 0.3) is 6.08 Å². The zero-order valence-electron chi connectivity index (χ0n) is 23.3. The average Bonchev–Trinajstić information content (AvgIpc) is 3.30. The number of hydrogen-bond donors (Lipinski definition) is 1. The Morgan fingerprint density at radius 2 is 1.90 bits per heavy atom. The third kappa shape index (κ3) is 5.82. The number of para-hydroxylation sites is 1. The first-order chi connectivity index (χ1) is 20.4. The highest BCUT2D eigenvalue weighted by Crippen LogP contribution is 2.33. The van der Waals surface area contributed by atoms with Crippen molar-refractivity contribution in [2.24, 2.45) is 4.99 Å². The van der Waals surface area contributed by atoms with Gasteiger partial charge in [0.2, 0.25) is 0 Å². The lowest BCUT2D eigenvalue weighted by Crippen LogP contribution is -2.40. The molecule has 1 atom stereocenters. The smallest absolute Gasteiger partial charge is 0.271 e. The molecule has 1 N–H and O–H groups in total. The minimum atomic E-state index is -0.733. The van der Waals surface area contributed by atoms with Gasteiger partial charge in [-0.3, -0.25) is 14.2 Å². The Morgan fingerprint density at radius 3 is 2.64 bits per heavy atom. The summed E-state index contributed by atoms with van der Waals surface area (Å²) in [5.74, 6) is 1.17. The van der Waals surface area contributed by atoms with Crippen molar-refractivity contribution in [3.63, 3.8) is 0 Å². The normalized spacial score (nSPS) is 14.4. The monoisotopic (exact) mass is 580 g/mol. The molecular formula is C32H28N4O5S. The van der Waals surface area contributed by atoms with Crippen molar-refractivity contribution < 1.29 is 19.0 Å². The minimum absolute atomic E-state index is 0.109. The lowest BCUT2D eigenvalue weighted by molar-refractivity contribution is -0.113. The van der Waals surface area contributed by atoms with E-state index in [1.807, 2.05) is 55.5 Å². The van der Waals surface area contributed by atoms with Crippen LogP contribution in [0.15, 0.2) is 93.9 Å².